The Hall–Kier alpha value is -1.36. The molecule has 0 aromatic heterocycles. The monoisotopic (exact) mass is 298 g/mol. The molecule has 0 spiro atoms. The summed E-state index contributed by atoms with van der Waals surface area (Å²) in [6, 6.07) is 6.47. The lowest BCUT2D eigenvalue weighted by Gasteiger charge is -2.20. The summed E-state index contributed by atoms with van der Waals surface area (Å²) in [7, 11) is -3.86. The Labute approximate surface area is 120 Å². The molecule has 1 atom stereocenters. The van der Waals surface area contributed by atoms with Gasteiger partial charge in [0.05, 0.1) is 4.90 Å². The number of carboxylic acids is 1. The Morgan fingerprint density at radius 1 is 1.10 bits per heavy atom. The SMILES string of the molecule is CC(C)C(C(=O)O)S(=O)(=O)c1ccc(C(C)(C)C)cc1. The summed E-state index contributed by atoms with van der Waals surface area (Å²) in [5, 5.41) is 7.73. The molecule has 1 rings (SSSR count). The molecule has 20 heavy (non-hydrogen) atoms. The van der Waals surface area contributed by atoms with Crippen molar-refractivity contribution in [3.05, 3.63) is 29.8 Å². The van der Waals surface area contributed by atoms with Gasteiger partial charge >= 0.3 is 5.97 Å². The highest BCUT2D eigenvalue weighted by molar-refractivity contribution is 7.92. The van der Waals surface area contributed by atoms with Crippen molar-refractivity contribution in [1.29, 1.82) is 0 Å². The average molecular weight is 298 g/mol. The van der Waals surface area contributed by atoms with E-state index in [1.54, 1.807) is 26.0 Å². The van der Waals surface area contributed by atoms with Crippen LogP contribution in [0.25, 0.3) is 0 Å². The van der Waals surface area contributed by atoms with Crippen molar-refractivity contribution in [1.82, 2.24) is 0 Å². The van der Waals surface area contributed by atoms with Crippen LogP contribution in [0.4, 0.5) is 0 Å². The number of carbonyl (C=O) groups is 1. The molecule has 0 heterocycles. The van der Waals surface area contributed by atoms with Crippen LogP contribution in [0.5, 0.6) is 0 Å². The van der Waals surface area contributed by atoms with Gasteiger partial charge in [0.15, 0.2) is 15.1 Å². The molecule has 0 radical (unpaired) electrons. The fourth-order valence-corrected chi connectivity index (χ4v) is 3.86. The first-order valence-electron chi connectivity index (χ1n) is 6.55. The lowest BCUT2D eigenvalue weighted by molar-refractivity contribution is -0.137. The molecule has 0 saturated carbocycles. The summed E-state index contributed by atoms with van der Waals surface area (Å²) >= 11 is 0. The zero-order chi connectivity index (χ0) is 15.7. The second-order valence-electron chi connectivity index (χ2n) is 6.32. The van der Waals surface area contributed by atoms with Gasteiger partial charge in [-0.15, -0.1) is 0 Å². The highest BCUT2D eigenvalue weighted by atomic mass is 32.2. The Morgan fingerprint density at radius 2 is 1.55 bits per heavy atom. The fourth-order valence-electron chi connectivity index (χ4n) is 2.07. The standard InChI is InChI=1S/C15H22O4S/c1-10(2)13(14(16)17)20(18,19)12-8-6-11(7-9-12)15(3,4)5/h6-10,13H,1-5H3,(H,16,17). The molecule has 1 aromatic carbocycles. The summed E-state index contributed by atoms with van der Waals surface area (Å²) in [6.45, 7) is 9.29. The van der Waals surface area contributed by atoms with Crippen LogP contribution in [0.15, 0.2) is 29.2 Å². The van der Waals surface area contributed by atoms with Crippen molar-refractivity contribution in [2.75, 3.05) is 0 Å². The number of sulfone groups is 1. The zero-order valence-corrected chi connectivity index (χ0v) is 13.4. The van der Waals surface area contributed by atoms with Crippen LogP contribution < -0.4 is 0 Å². The van der Waals surface area contributed by atoms with E-state index in [2.05, 4.69) is 0 Å². The number of benzene rings is 1. The van der Waals surface area contributed by atoms with E-state index in [9.17, 15) is 13.2 Å². The first-order chi connectivity index (χ1) is 8.98. The van der Waals surface area contributed by atoms with Gasteiger partial charge in [-0.05, 0) is 29.0 Å². The van der Waals surface area contributed by atoms with Crippen molar-refractivity contribution in [2.24, 2.45) is 5.92 Å². The maximum atomic E-state index is 12.4. The van der Waals surface area contributed by atoms with Crippen LogP contribution in [-0.4, -0.2) is 24.7 Å². The van der Waals surface area contributed by atoms with Gasteiger partial charge in [0.2, 0.25) is 0 Å². The Balaban J connectivity index is 3.26. The molecule has 0 fully saturated rings. The predicted octanol–water partition coefficient (Wildman–Crippen LogP) is 2.87. The first kappa shape index (κ1) is 16.7. The molecule has 0 aliphatic heterocycles. The maximum Gasteiger partial charge on any atom is 0.322 e. The third-order valence-electron chi connectivity index (χ3n) is 3.23. The third kappa shape index (κ3) is 3.39. The molecule has 4 nitrogen and oxygen atoms in total. The van der Waals surface area contributed by atoms with Crippen molar-refractivity contribution < 1.29 is 18.3 Å². The number of hydrogen-bond donors (Lipinski definition) is 1. The van der Waals surface area contributed by atoms with E-state index in [1.807, 2.05) is 20.8 Å². The van der Waals surface area contributed by atoms with Gasteiger partial charge in [-0.2, -0.15) is 0 Å². The van der Waals surface area contributed by atoms with Gasteiger partial charge in [0, 0.05) is 0 Å². The van der Waals surface area contributed by atoms with Crippen molar-refractivity contribution in [2.45, 2.75) is 50.2 Å². The minimum Gasteiger partial charge on any atom is -0.480 e. The number of carboxylic acid groups (broad SMARTS) is 1. The van der Waals surface area contributed by atoms with E-state index in [1.165, 1.54) is 12.1 Å². The summed E-state index contributed by atoms with van der Waals surface area (Å²) in [5.74, 6) is -1.79. The second-order valence-corrected chi connectivity index (χ2v) is 8.39. The highest BCUT2D eigenvalue weighted by Crippen LogP contribution is 2.26. The van der Waals surface area contributed by atoms with Crippen LogP contribution in [0.1, 0.15) is 40.2 Å². The van der Waals surface area contributed by atoms with E-state index in [-0.39, 0.29) is 10.3 Å². The van der Waals surface area contributed by atoms with Gasteiger partial charge in [0.1, 0.15) is 0 Å². The maximum absolute atomic E-state index is 12.4. The summed E-state index contributed by atoms with van der Waals surface area (Å²) in [5.41, 5.74) is 0.930. The smallest absolute Gasteiger partial charge is 0.322 e. The van der Waals surface area contributed by atoms with Crippen molar-refractivity contribution in [3.8, 4) is 0 Å². The molecule has 0 aliphatic carbocycles. The molecule has 5 heteroatoms. The van der Waals surface area contributed by atoms with E-state index in [4.69, 9.17) is 5.11 Å². The minimum atomic E-state index is -3.86. The Kier molecular flexibility index (Phi) is 4.64. The quantitative estimate of drug-likeness (QED) is 0.927. The van der Waals surface area contributed by atoms with Crippen LogP contribution in [0.3, 0.4) is 0 Å². The van der Waals surface area contributed by atoms with Crippen molar-refractivity contribution >= 4 is 15.8 Å². The van der Waals surface area contributed by atoms with E-state index < -0.39 is 27.0 Å². The third-order valence-corrected chi connectivity index (χ3v) is 5.58. The van der Waals surface area contributed by atoms with Crippen LogP contribution in [-0.2, 0) is 20.0 Å². The molecule has 0 amide bonds. The largest absolute Gasteiger partial charge is 0.480 e. The lowest BCUT2D eigenvalue weighted by atomic mass is 9.87. The van der Waals surface area contributed by atoms with Gasteiger partial charge in [0.25, 0.3) is 0 Å². The molecule has 1 unspecified atom stereocenters. The summed E-state index contributed by atoms with van der Waals surface area (Å²) < 4.78 is 24.8. The molecular weight excluding hydrogens is 276 g/mol. The molecule has 0 bridgehead atoms. The molecule has 1 N–H and O–H groups in total. The Morgan fingerprint density at radius 3 is 1.85 bits per heavy atom. The Bertz CT molecular complexity index is 577. The summed E-state index contributed by atoms with van der Waals surface area (Å²) in [6.07, 6.45) is 0. The predicted molar refractivity (Wildman–Crippen MR) is 78.6 cm³/mol. The molecule has 0 aliphatic rings. The topological polar surface area (TPSA) is 71.4 Å². The number of hydrogen-bond acceptors (Lipinski definition) is 3. The minimum absolute atomic E-state index is 0.0617. The number of rotatable bonds is 4. The van der Waals surface area contributed by atoms with Crippen molar-refractivity contribution in [3.63, 3.8) is 0 Å². The van der Waals surface area contributed by atoms with E-state index >= 15 is 0 Å². The number of aliphatic carboxylic acids is 1. The zero-order valence-electron chi connectivity index (χ0n) is 12.5. The van der Waals surface area contributed by atoms with Crippen LogP contribution >= 0.6 is 0 Å². The average Bonchev–Trinajstić information content (AvgIpc) is 2.26. The van der Waals surface area contributed by atoms with Crippen LogP contribution in [0, 0.1) is 5.92 Å². The van der Waals surface area contributed by atoms with Gasteiger partial charge in [-0.1, -0.05) is 46.8 Å². The van der Waals surface area contributed by atoms with E-state index in [0.29, 0.717) is 0 Å². The first-order valence-corrected chi connectivity index (χ1v) is 8.10. The second kappa shape index (κ2) is 5.56. The molecule has 112 valence electrons. The van der Waals surface area contributed by atoms with Gasteiger partial charge in [-0.3, -0.25) is 4.79 Å². The molecular formula is C15H22O4S. The van der Waals surface area contributed by atoms with Gasteiger partial charge in [-0.25, -0.2) is 8.42 Å². The van der Waals surface area contributed by atoms with Gasteiger partial charge < -0.3 is 5.11 Å². The summed E-state index contributed by atoms with van der Waals surface area (Å²) in [4.78, 5) is 11.3. The van der Waals surface area contributed by atoms with Crippen LogP contribution in [0.2, 0.25) is 0 Å². The molecule has 0 saturated heterocycles. The lowest BCUT2D eigenvalue weighted by Crippen LogP contribution is -2.35. The highest BCUT2D eigenvalue weighted by Gasteiger charge is 2.36. The fraction of sp³-hybridized carbons (Fsp3) is 0.533. The normalized spacial score (nSPS) is 14.3. The van der Waals surface area contributed by atoms with E-state index in [0.717, 1.165) is 5.56 Å². The molecule has 1 aromatic rings.